The Morgan fingerprint density at radius 2 is 2.20 bits per heavy atom. The third kappa shape index (κ3) is 2.02. The number of hydrogen-bond donors (Lipinski definition) is 1. The van der Waals surface area contributed by atoms with Gasteiger partial charge in [0.25, 0.3) is 0 Å². The van der Waals surface area contributed by atoms with E-state index in [1.807, 2.05) is 31.3 Å². The van der Waals surface area contributed by atoms with E-state index in [-0.39, 0.29) is 0 Å². The number of nitrogens with two attached hydrogens (primary N) is 1. The molecule has 15 heavy (non-hydrogen) atoms. The monoisotopic (exact) mass is 199 g/mol. The van der Waals surface area contributed by atoms with E-state index in [4.69, 9.17) is 5.73 Å². The highest BCUT2D eigenvalue weighted by Gasteiger charge is 2.03. The smallest absolute Gasteiger partial charge is 0.0746 e. The van der Waals surface area contributed by atoms with E-state index < -0.39 is 0 Å². The van der Waals surface area contributed by atoms with Crippen LogP contribution in [0.2, 0.25) is 0 Å². The first-order chi connectivity index (χ1) is 7.31. The molecule has 3 heteroatoms. The van der Waals surface area contributed by atoms with Crippen molar-refractivity contribution < 1.29 is 0 Å². The Bertz CT molecular complexity index is 466. The lowest BCUT2D eigenvalue weighted by atomic mass is 10.1. The van der Waals surface area contributed by atoms with Crippen molar-refractivity contribution in [1.82, 2.24) is 9.97 Å². The SMILES string of the molecule is Cc1cccnc1-c1cncc(CN)c1. The van der Waals surface area contributed by atoms with Crippen molar-refractivity contribution in [2.45, 2.75) is 13.5 Å². The molecule has 0 atom stereocenters. The average molecular weight is 199 g/mol. The second-order valence-electron chi connectivity index (χ2n) is 3.45. The lowest BCUT2D eigenvalue weighted by Gasteiger charge is -2.05. The molecule has 2 N–H and O–H groups in total. The number of aromatic nitrogens is 2. The van der Waals surface area contributed by atoms with Gasteiger partial charge in [-0.15, -0.1) is 0 Å². The zero-order valence-corrected chi connectivity index (χ0v) is 8.64. The molecule has 0 aliphatic heterocycles. The Hall–Kier alpha value is -1.74. The summed E-state index contributed by atoms with van der Waals surface area (Å²) in [5.74, 6) is 0. The highest BCUT2D eigenvalue weighted by molar-refractivity contribution is 5.62. The maximum atomic E-state index is 5.57. The highest BCUT2D eigenvalue weighted by atomic mass is 14.7. The summed E-state index contributed by atoms with van der Waals surface area (Å²) < 4.78 is 0. The standard InChI is InChI=1S/C12H13N3/c1-9-3-2-4-15-12(9)11-5-10(6-13)7-14-8-11/h2-5,7-8H,6,13H2,1H3. The molecule has 0 aliphatic rings. The minimum Gasteiger partial charge on any atom is -0.326 e. The van der Waals surface area contributed by atoms with Crippen molar-refractivity contribution in [2.24, 2.45) is 5.73 Å². The zero-order valence-electron chi connectivity index (χ0n) is 8.64. The fraction of sp³-hybridized carbons (Fsp3) is 0.167. The molecule has 0 aliphatic carbocycles. The van der Waals surface area contributed by atoms with Crippen LogP contribution in [0.3, 0.4) is 0 Å². The summed E-state index contributed by atoms with van der Waals surface area (Å²) in [4.78, 5) is 8.50. The Labute approximate surface area is 89.0 Å². The van der Waals surface area contributed by atoms with Crippen LogP contribution in [-0.2, 0) is 6.54 Å². The topological polar surface area (TPSA) is 51.8 Å². The molecule has 0 radical (unpaired) electrons. The lowest BCUT2D eigenvalue weighted by Crippen LogP contribution is -1.98. The van der Waals surface area contributed by atoms with E-state index >= 15 is 0 Å². The van der Waals surface area contributed by atoms with Gasteiger partial charge >= 0.3 is 0 Å². The van der Waals surface area contributed by atoms with Gasteiger partial charge in [0.15, 0.2) is 0 Å². The van der Waals surface area contributed by atoms with Gasteiger partial charge in [-0.1, -0.05) is 6.07 Å². The van der Waals surface area contributed by atoms with Crippen molar-refractivity contribution in [3.05, 3.63) is 47.9 Å². The third-order valence-electron chi connectivity index (χ3n) is 2.31. The second-order valence-corrected chi connectivity index (χ2v) is 3.45. The van der Waals surface area contributed by atoms with Gasteiger partial charge in [-0.05, 0) is 30.2 Å². The summed E-state index contributed by atoms with van der Waals surface area (Å²) in [6.07, 6.45) is 5.38. The third-order valence-corrected chi connectivity index (χ3v) is 2.31. The molecule has 0 saturated heterocycles. The normalized spacial score (nSPS) is 10.3. The molecular formula is C12H13N3. The number of rotatable bonds is 2. The van der Waals surface area contributed by atoms with Crippen LogP contribution in [0.4, 0.5) is 0 Å². The Kier molecular flexibility index (Phi) is 2.74. The van der Waals surface area contributed by atoms with Crippen LogP contribution < -0.4 is 5.73 Å². The molecule has 76 valence electrons. The minimum absolute atomic E-state index is 0.507. The number of nitrogens with zero attached hydrogens (tertiary/aromatic N) is 2. The molecule has 3 nitrogen and oxygen atoms in total. The van der Waals surface area contributed by atoms with E-state index in [1.54, 1.807) is 12.4 Å². The highest BCUT2D eigenvalue weighted by Crippen LogP contribution is 2.20. The molecule has 0 saturated carbocycles. The van der Waals surface area contributed by atoms with E-state index in [9.17, 15) is 0 Å². The maximum absolute atomic E-state index is 5.57. The van der Waals surface area contributed by atoms with Crippen LogP contribution >= 0.6 is 0 Å². The largest absolute Gasteiger partial charge is 0.326 e. The summed E-state index contributed by atoms with van der Waals surface area (Å²) >= 11 is 0. The van der Waals surface area contributed by atoms with Crippen LogP contribution in [0.1, 0.15) is 11.1 Å². The molecular weight excluding hydrogens is 186 g/mol. The molecule has 2 aromatic heterocycles. The number of hydrogen-bond acceptors (Lipinski definition) is 3. The van der Waals surface area contributed by atoms with Gasteiger partial charge in [-0.2, -0.15) is 0 Å². The van der Waals surface area contributed by atoms with Crippen molar-refractivity contribution in [3.63, 3.8) is 0 Å². The predicted octanol–water partition coefficient (Wildman–Crippen LogP) is 1.91. The fourth-order valence-corrected chi connectivity index (χ4v) is 1.52. The lowest BCUT2D eigenvalue weighted by molar-refractivity contribution is 1.05. The van der Waals surface area contributed by atoms with Crippen molar-refractivity contribution >= 4 is 0 Å². The van der Waals surface area contributed by atoms with Gasteiger partial charge in [-0.3, -0.25) is 9.97 Å². The molecule has 0 fully saturated rings. The van der Waals surface area contributed by atoms with Crippen LogP contribution in [0.25, 0.3) is 11.3 Å². The number of pyridine rings is 2. The molecule has 0 spiro atoms. The fourth-order valence-electron chi connectivity index (χ4n) is 1.52. The number of aryl methyl sites for hydroxylation is 1. The van der Waals surface area contributed by atoms with E-state index in [1.165, 1.54) is 0 Å². The molecule has 0 aromatic carbocycles. The summed E-state index contributed by atoms with van der Waals surface area (Å²) in [6.45, 7) is 2.55. The Morgan fingerprint density at radius 1 is 1.33 bits per heavy atom. The Morgan fingerprint density at radius 3 is 2.93 bits per heavy atom. The summed E-state index contributed by atoms with van der Waals surface area (Å²) in [5, 5.41) is 0. The molecule has 0 amide bonds. The van der Waals surface area contributed by atoms with Crippen LogP contribution in [0.5, 0.6) is 0 Å². The maximum Gasteiger partial charge on any atom is 0.0746 e. The molecule has 0 unspecified atom stereocenters. The van der Waals surface area contributed by atoms with E-state index in [0.717, 1.165) is 22.4 Å². The summed E-state index contributed by atoms with van der Waals surface area (Å²) in [6, 6.07) is 6.00. The molecule has 2 heterocycles. The van der Waals surface area contributed by atoms with Gasteiger partial charge in [0.1, 0.15) is 0 Å². The van der Waals surface area contributed by atoms with Crippen molar-refractivity contribution in [3.8, 4) is 11.3 Å². The van der Waals surface area contributed by atoms with Gasteiger partial charge in [0.05, 0.1) is 5.69 Å². The summed E-state index contributed by atoms with van der Waals surface area (Å²) in [7, 11) is 0. The van der Waals surface area contributed by atoms with Crippen LogP contribution in [0.15, 0.2) is 36.8 Å². The summed E-state index contributed by atoms with van der Waals surface area (Å²) in [5.41, 5.74) is 9.74. The zero-order chi connectivity index (χ0) is 10.7. The van der Waals surface area contributed by atoms with Gasteiger partial charge in [-0.25, -0.2) is 0 Å². The molecule has 0 bridgehead atoms. The van der Waals surface area contributed by atoms with Gasteiger partial charge in [0, 0.05) is 30.7 Å². The van der Waals surface area contributed by atoms with Gasteiger partial charge < -0.3 is 5.73 Å². The first-order valence-electron chi connectivity index (χ1n) is 4.87. The average Bonchev–Trinajstić information content (AvgIpc) is 2.30. The van der Waals surface area contributed by atoms with Crippen LogP contribution in [-0.4, -0.2) is 9.97 Å². The second kappa shape index (κ2) is 4.19. The van der Waals surface area contributed by atoms with Crippen molar-refractivity contribution in [1.29, 1.82) is 0 Å². The van der Waals surface area contributed by atoms with Crippen LogP contribution in [0, 0.1) is 6.92 Å². The predicted molar refractivity (Wildman–Crippen MR) is 60.1 cm³/mol. The first kappa shape index (κ1) is 9.80. The Balaban J connectivity index is 2.49. The van der Waals surface area contributed by atoms with Gasteiger partial charge in [0.2, 0.25) is 0 Å². The minimum atomic E-state index is 0.507. The molecule has 2 aromatic rings. The van der Waals surface area contributed by atoms with E-state index in [2.05, 4.69) is 9.97 Å². The van der Waals surface area contributed by atoms with E-state index in [0.29, 0.717) is 6.54 Å². The quantitative estimate of drug-likeness (QED) is 0.803. The molecule has 2 rings (SSSR count). The van der Waals surface area contributed by atoms with Crippen molar-refractivity contribution in [2.75, 3.05) is 0 Å². The first-order valence-corrected chi connectivity index (χ1v) is 4.87.